The Hall–Kier alpha value is -3.18. The van der Waals surface area contributed by atoms with Crippen LogP contribution in [0.25, 0.3) is 0 Å². The summed E-state index contributed by atoms with van der Waals surface area (Å²) in [7, 11) is 0. The van der Waals surface area contributed by atoms with Crippen molar-refractivity contribution in [2.24, 2.45) is 5.92 Å². The number of anilines is 1. The number of rotatable bonds is 2. The highest BCUT2D eigenvalue weighted by Crippen LogP contribution is 2.37. The summed E-state index contributed by atoms with van der Waals surface area (Å²) in [5.74, 6) is -5.51. The molecule has 7 nitrogen and oxygen atoms in total. The highest BCUT2D eigenvalue weighted by atomic mass is 19.4. The predicted molar refractivity (Wildman–Crippen MR) is 91.9 cm³/mol. The van der Waals surface area contributed by atoms with E-state index in [9.17, 15) is 31.5 Å². The molecule has 12 heteroatoms. The van der Waals surface area contributed by atoms with Crippen molar-refractivity contribution < 1.29 is 36.3 Å². The third kappa shape index (κ3) is 3.68. The molecule has 1 aliphatic carbocycles. The van der Waals surface area contributed by atoms with E-state index in [0.717, 1.165) is 6.07 Å². The Bertz CT molecular complexity index is 1020. The zero-order valence-electron chi connectivity index (χ0n) is 15.2. The second-order valence-electron chi connectivity index (χ2n) is 7.10. The number of hydrogen-bond acceptors (Lipinski definition) is 4. The van der Waals surface area contributed by atoms with Gasteiger partial charge in [-0.15, -0.1) is 0 Å². The number of alkyl halides is 3. The minimum absolute atomic E-state index is 0.0902. The molecular weight excluding hydrogens is 415 g/mol. The number of amides is 2. The molecule has 2 heterocycles. The van der Waals surface area contributed by atoms with E-state index in [2.05, 4.69) is 20.8 Å². The summed E-state index contributed by atoms with van der Waals surface area (Å²) in [4.78, 5) is 25.0. The smallest absolute Gasteiger partial charge is 0.392 e. The Kier molecular flexibility index (Phi) is 4.86. The number of H-pyrrole nitrogens is 1. The molecule has 2 aromatic rings. The lowest BCUT2D eigenvalue weighted by Gasteiger charge is -2.24. The summed E-state index contributed by atoms with van der Waals surface area (Å²) in [6.07, 6.45) is -4.82. The van der Waals surface area contributed by atoms with E-state index in [4.69, 9.17) is 4.74 Å². The number of carbonyl (C=O) groups is 2. The fraction of sp³-hybridized carbons (Fsp3) is 0.389. The summed E-state index contributed by atoms with van der Waals surface area (Å²) in [5.41, 5.74) is -0.0337. The number of nitrogens with one attached hydrogen (secondary N) is 3. The molecule has 0 spiro atoms. The molecule has 2 atom stereocenters. The summed E-state index contributed by atoms with van der Waals surface area (Å²) >= 11 is 0. The monoisotopic (exact) mass is 430 g/mol. The number of carbonyl (C=O) groups excluding carboxylic acids is 2. The van der Waals surface area contributed by atoms with Crippen LogP contribution in [0.2, 0.25) is 0 Å². The maximum absolute atomic E-state index is 13.9. The molecule has 0 saturated carbocycles. The third-order valence-corrected chi connectivity index (χ3v) is 5.12. The van der Waals surface area contributed by atoms with E-state index in [-0.39, 0.29) is 35.5 Å². The van der Waals surface area contributed by atoms with Gasteiger partial charge >= 0.3 is 6.18 Å². The van der Waals surface area contributed by atoms with Crippen LogP contribution in [0.3, 0.4) is 0 Å². The van der Waals surface area contributed by atoms with E-state index < -0.39 is 54.6 Å². The number of aromatic nitrogens is 2. The lowest BCUT2D eigenvalue weighted by Crippen LogP contribution is -2.46. The van der Waals surface area contributed by atoms with Crippen LogP contribution >= 0.6 is 0 Å². The van der Waals surface area contributed by atoms with Gasteiger partial charge in [0.15, 0.2) is 11.5 Å². The SMILES string of the molecule is O=C(N[C@H]1COc2cc(F)cc(F)c2NC1=O)c1n[nH]c2c1C[C@H](C(F)(F)F)CC2. The van der Waals surface area contributed by atoms with Crippen molar-refractivity contribution in [2.45, 2.75) is 31.5 Å². The number of ether oxygens (including phenoxy) is 1. The number of aromatic amines is 1. The van der Waals surface area contributed by atoms with Crippen LogP contribution in [0, 0.1) is 17.6 Å². The van der Waals surface area contributed by atoms with Crippen molar-refractivity contribution in [3.63, 3.8) is 0 Å². The number of benzene rings is 1. The van der Waals surface area contributed by atoms with E-state index in [1.807, 2.05) is 0 Å². The Labute approximate surface area is 166 Å². The minimum atomic E-state index is -4.40. The highest BCUT2D eigenvalue weighted by Gasteiger charge is 2.43. The molecule has 4 rings (SSSR count). The summed E-state index contributed by atoms with van der Waals surface area (Å²) in [5, 5.41) is 10.9. The maximum Gasteiger partial charge on any atom is 0.392 e. The van der Waals surface area contributed by atoms with Crippen molar-refractivity contribution in [2.75, 3.05) is 11.9 Å². The number of halogens is 5. The first kappa shape index (κ1) is 20.1. The second kappa shape index (κ2) is 7.26. The molecule has 3 N–H and O–H groups in total. The molecule has 1 aliphatic heterocycles. The third-order valence-electron chi connectivity index (χ3n) is 5.12. The first-order valence-corrected chi connectivity index (χ1v) is 9.00. The molecule has 0 radical (unpaired) electrons. The number of hydrogen-bond donors (Lipinski definition) is 3. The maximum atomic E-state index is 13.9. The molecule has 0 saturated heterocycles. The normalized spacial score (nSPS) is 21.0. The van der Waals surface area contributed by atoms with Crippen LogP contribution in [0.5, 0.6) is 5.75 Å². The van der Waals surface area contributed by atoms with E-state index in [0.29, 0.717) is 11.8 Å². The zero-order valence-corrected chi connectivity index (χ0v) is 15.2. The van der Waals surface area contributed by atoms with Crippen LogP contribution in [0.1, 0.15) is 28.2 Å². The lowest BCUT2D eigenvalue weighted by molar-refractivity contribution is -0.177. The van der Waals surface area contributed by atoms with Crippen LogP contribution in [0.4, 0.5) is 27.6 Å². The topological polar surface area (TPSA) is 96.1 Å². The van der Waals surface area contributed by atoms with Crippen LogP contribution < -0.4 is 15.4 Å². The van der Waals surface area contributed by atoms with Gasteiger partial charge in [-0.05, 0) is 19.3 Å². The van der Waals surface area contributed by atoms with Gasteiger partial charge in [0.1, 0.15) is 29.9 Å². The minimum Gasteiger partial charge on any atom is -0.488 e. The average molecular weight is 430 g/mol. The van der Waals surface area contributed by atoms with Crippen LogP contribution in [-0.4, -0.2) is 40.8 Å². The van der Waals surface area contributed by atoms with Gasteiger partial charge < -0.3 is 15.4 Å². The average Bonchev–Trinajstić information content (AvgIpc) is 3.03. The fourth-order valence-corrected chi connectivity index (χ4v) is 3.54. The summed E-state index contributed by atoms with van der Waals surface area (Å²) in [6.45, 7) is -0.439. The van der Waals surface area contributed by atoms with Gasteiger partial charge in [0.05, 0.1) is 5.92 Å². The van der Waals surface area contributed by atoms with Crippen molar-refractivity contribution in [1.29, 1.82) is 0 Å². The lowest BCUT2D eigenvalue weighted by atomic mass is 9.86. The van der Waals surface area contributed by atoms with E-state index >= 15 is 0 Å². The summed E-state index contributed by atoms with van der Waals surface area (Å²) in [6, 6.07) is 0.139. The standard InChI is InChI=1S/C18H15F5N4O3/c19-8-4-10(20)15-13(5-8)30-6-12(16(28)25-15)24-17(29)14-9-3-7(18(21,22)23)1-2-11(9)26-27-14/h4-5,7,12H,1-3,6H2,(H,24,29)(H,25,28)(H,26,27)/t7-,12+/m1/s1. The number of nitrogens with zero attached hydrogens (tertiary/aromatic N) is 1. The molecule has 30 heavy (non-hydrogen) atoms. The first-order chi connectivity index (χ1) is 14.1. The molecule has 2 amide bonds. The molecule has 1 aromatic heterocycles. The molecule has 2 aliphatic rings. The van der Waals surface area contributed by atoms with Gasteiger partial charge in [-0.1, -0.05) is 0 Å². The van der Waals surface area contributed by atoms with Crippen LogP contribution in [0.15, 0.2) is 12.1 Å². The van der Waals surface area contributed by atoms with Crippen molar-refractivity contribution >= 4 is 17.5 Å². The molecule has 160 valence electrons. The molecule has 0 bridgehead atoms. The first-order valence-electron chi connectivity index (χ1n) is 9.00. The molecule has 0 unspecified atom stereocenters. The zero-order chi connectivity index (χ0) is 21.6. The molecule has 1 aromatic carbocycles. The number of fused-ring (bicyclic) bond motifs is 2. The van der Waals surface area contributed by atoms with Gasteiger partial charge in [-0.3, -0.25) is 14.7 Å². The predicted octanol–water partition coefficient (Wildman–Crippen LogP) is 2.48. The van der Waals surface area contributed by atoms with Gasteiger partial charge in [0, 0.05) is 23.4 Å². The fourth-order valence-electron chi connectivity index (χ4n) is 3.54. The van der Waals surface area contributed by atoms with E-state index in [1.54, 1.807) is 0 Å². The Morgan fingerprint density at radius 2 is 2.03 bits per heavy atom. The highest BCUT2D eigenvalue weighted by molar-refractivity contribution is 6.02. The number of aryl methyl sites for hydroxylation is 1. The van der Waals surface area contributed by atoms with E-state index in [1.165, 1.54) is 0 Å². The Morgan fingerprint density at radius 3 is 2.77 bits per heavy atom. The van der Waals surface area contributed by atoms with Gasteiger partial charge in [0.2, 0.25) is 0 Å². The van der Waals surface area contributed by atoms with Crippen LogP contribution in [-0.2, 0) is 17.6 Å². The van der Waals surface area contributed by atoms with Crippen molar-refractivity contribution in [1.82, 2.24) is 15.5 Å². The summed E-state index contributed by atoms with van der Waals surface area (Å²) < 4.78 is 71.7. The van der Waals surface area contributed by atoms with Crippen molar-refractivity contribution in [3.8, 4) is 5.75 Å². The molecule has 0 fully saturated rings. The van der Waals surface area contributed by atoms with Gasteiger partial charge in [0.25, 0.3) is 11.8 Å². The quantitative estimate of drug-likeness (QED) is 0.638. The Morgan fingerprint density at radius 1 is 1.27 bits per heavy atom. The molecular formula is C18H15F5N4O3. The van der Waals surface area contributed by atoms with Gasteiger partial charge in [-0.25, -0.2) is 8.78 Å². The second-order valence-corrected chi connectivity index (χ2v) is 7.10. The van der Waals surface area contributed by atoms with Gasteiger partial charge in [-0.2, -0.15) is 18.3 Å². The largest absolute Gasteiger partial charge is 0.488 e. The Balaban J connectivity index is 1.51. The van der Waals surface area contributed by atoms with Crippen molar-refractivity contribution in [3.05, 3.63) is 40.7 Å².